The predicted molar refractivity (Wildman–Crippen MR) is 90.2 cm³/mol. The zero-order valence-corrected chi connectivity index (χ0v) is 13.4. The minimum atomic E-state index is -0.489. The lowest BCUT2D eigenvalue weighted by atomic mass is 10.1. The van der Waals surface area contributed by atoms with Crippen molar-refractivity contribution in [2.24, 2.45) is 0 Å². The maximum Gasteiger partial charge on any atom is 0.269 e. The first kappa shape index (κ1) is 16.6. The summed E-state index contributed by atoms with van der Waals surface area (Å²) in [7, 11) is 1.55. The number of amides is 1. The number of oxazole rings is 1. The fraction of sp³-hybridized carbons (Fsp3) is 0.176. The second-order valence-corrected chi connectivity index (χ2v) is 5.38. The van der Waals surface area contributed by atoms with E-state index in [1.165, 1.54) is 12.1 Å². The molecular weight excluding hydrogens is 326 g/mol. The van der Waals surface area contributed by atoms with Gasteiger partial charge in [0.15, 0.2) is 5.58 Å². The highest BCUT2D eigenvalue weighted by atomic mass is 16.6. The second kappa shape index (κ2) is 7.10. The van der Waals surface area contributed by atoms with Crippen molar-refractivity contribution >= 4 is 28.4 Å². The number of rotatable bonds is 6. The van der Waals surface area contributed by atoms with Crippen molar-refractivity contribution in [2.75, 3.05) is 12.4 Å². The average Bonchev–Trinajstić information content (AvgIpc) is 2.97. The summed E-state index contributed by atoms with van der Waals surface area (Å²) in [4.78, 5) is 26.7. The monoisotopic (exact) mass is 341 g/mol. The molecule has 8 nitrogen and oxygen atoms in total. The molecule has 0 aliphatic heterocycles. The van der Waals surface area contributed by atoms with Crippen molar-refractivity contribution in [1.29, 1.82) is 0 Å². The van der Waals surface area contributed by atoms with E-state index in [0.29, 0.717) is 28.2 Å². The van der Waals surface area contributed by atoms with Crippen LogP contribution in [-0.2, 0) is 22.6 Å². The molecule has 1 aromatic heterocycles. The highest BCUT2D eigenvalue weighted by molar-refractivity contribution is 5.94. The van der Waals surface area contributed by atoms with Crippen molar-refractivity contribution < 1.29 is 18.9 Å². The highest BCUT2D eigenvalue weighted by Gasteiger charge is 2.11. The third-order valence-electron chi connectivity index (χ3n) is 3.47. The fourth-order valence-electron chi connectivity index (χ4n) is 2.41. The number of nitrogens with one attached hydrogen (secondary N) is 1. The Kier molecular flexibility index (Phi) is 4.71. The van der Waals surface area contributed by atoms with E-state index in [2.05, 4.69) is 10.3 Å². The Hall–Kier alpha value is -3.26. The minimum absolute atomic E-state index is 0.0352. The van der Waals surface area contributed by atoms with E-state index in [4.69, 9.17) is 9.15 Å². The maximum absolute atomic E-state index is 12.2. The Bertz CT molecular complexity index is 935. The number of fused-ring (bicyclic) bond motifs is 1. The topological polar surface area (TPSA) is 108 Å². The van der Waals surface area contributed by atoms with Crippen LogP contribution in [0.4, 0.5) is 11.4 Å². The van der Waals surface area contributed by atoms with Crippen LogP contribution in [0.25, 0.3) is 11.1 Å². The summed E-state index contributed by atoms with van der Waals surface area (Å²) in [5.74, 6) is 0.179. The molecule has 0 saturated heterocycles. The molecule has 2 aromatic carbocycles. The van der Waals surface area contributed by atoms with Crippen LogP contribution in [0.1, 0.15) is 11.5 Å². The maximum atomic E-state index is 12.2. The third kappa shape index (κ3) is 3.99. The first-order valence-electron chi connectivity index (χ1n) is 7.47. The number of non-ortho nitro benzene ring substituents is 1. The molecule has 1 N–H and O–H groups in total. The Labute approximate surface area is 142 Å². The largest absolute Gasteiger partial charge is 0.438 e. The summed E-state index contributed by atoms with van der Waals surface area (Å²) in [5.41, 5.74) is 2.31. The van der Waals surface area contributed by atoms with E-state index in [0.717, 1.165) is 0 Å². The van der Waals surface area contributed by atoms with E-state index >= 15 is 0 Å². The molecule has 0 spiro atoms. The van der Waals surface area contributed by atoms with Gasteiger partial charge in [-0.15, -0.1) is 0 Å². The number of carbonyl (C=O) groups is 1. The predicted octanol–water partition coefficient (Wildman–Crippen LogP) is 3.06. The van der Waals surface area contributed by atoms with Crippen molar-refractivity contribution in [1.82, 2.24) is 4.98 Å². The molecule has 0 unspecified atom stereocenters. The first-order valence-corrected chi connectivity index (χ1v) is 7.47. The smallest absolute Gasteiger partial charge is 0.269 e. The van der Waals surface area contributed by atoms with Crippen LogP contribution >= 0.6 is 0 Å². The lowest BCUT2D eigenvalue weighted by Crippen LogP contribution is -2.14. The van der Waals surface area contributed by atoms with Gasteiger partial charge in [0.2, 0.25) is 11.8 Å². The summed E-state index contributed by atoms with van der Waals surface area (Å²) in [6.45, 7) is 0.267. The van der Waals surface area contributed by atoms with E-state index in [1.54, 1.807) is 37.4 Å². The van der Waals surface area contributed by atoms with Crippen molar-refractivity contribution in [3.05, 3.63) is 64.0 Å². The van der Waals surface area contributed by atoms with Gasteiger partial charge in [-0.3, -0.25) is 14.9 Å². The number of nitro benzene ring substituents is 1. The average molecular weight is 341 g/mol. The summed E-state index contributed by atoms with van der Waals surface area (Å²) in [5, 5.41) is 13.5. The number of anilines is 1. The van der Waals surface area contributed by atoms with Gasteiger partial charge in [0.05, 0.1) is 11.3 Å². The lowest BCUT2D eigenvalue weighted by molar-refractivity contribution is -0.384. The number of ether oxygens (including phenoxy) is 1. The van der Waals surface area contributed by atoms with Crippen molar-refractivity contribution in [3.8, 4) is 0 Å². The number of hydrogen-bond donors (Lipinski definition) is 1. The van der Waals surface area contributed by atoms with Gasteiger partial charge >= 0.3 is 0 Å². The van der Waals surface area contributed by atoms with E-state index in [-0.39, 0.29) is 24.6 Å². The molecular formula is C17H15N3O5. The van der Waals surface area contributed by atoms with Crippen LogP contribution in [-0.4, -0.2) is 22.9 Å². The molecule has 0 atom stereocenters. The number of nitrogens with zero attached hydrogens (tertiary/aromatic N) is 2. The van der Waals surface area contributed by atoms with Crippen LogP contribution in [0, 0.1) is 10.1 Å². The quantitative estimate of drug-likeness (QED) is 0.545. The molecule has 1 amide bonds. The Morgan fingerprint density at radius 1 is 1.32 bits per heavy atom. The molecule has 3 rings (SSSR count). The summed E-state index contributed by atoms with van der Waals surface area (Å²) in [6, 6.07) is 11.1. The van der Waals surface area contributed by atoms with Gasteiger partial charge in [-0.1, -0.05) is 12.1 Å². The zero-order valence-electron chi connectivity index (χ0n) is 13.4. The number of carbonyl (C=O) groups excluding carboxylic acids is 1. The Morgan fingerprint density at radius 3 is 2.92 bits per heavy atom. The van der Waals surface area contributed by atoms with Gasteiger partial charge in [0.25, 0.3) is 5.69 Å². The van der Waals surface area contributed by atoms with Crippen LogP contribution in [0.15, 0.2) is 46.9 Å². The molecule has 25 heavy (non-hydrogen) atoms. The Balaban J connectivity index is 1.71. The summed E-state index contributed by atoms with van der Waals surface area (Å²) < 4.78 is 10.5. The van der Waals surface area contributed by atoms with E-state index < -0.39 is 4.92 Å². The van der Waals surface area contributed by atoms with Gasteiger partial charge in [-0.25, -0.2) is 4.98 Å². The minimum Gasteiger partial charge on any atom is -0.438 e. The number of methoxy groups -OCH3 is 1. The number of benzene rings is 2. The first-order chi connectivity index (χ1) is 12.0. The summed E-state index contributed by atoms with van der Waals surface area (Å²) in [6.07, 6.45) is 0.0352. The molecule has 8 heteroatoms. The standard InChI is InChI=1S/C17H15N3O5/c1-24-10-17-19-14-9-12(5-6-15(14)25-17)18-16(21)8-11-3-2-4-13(7-11)20(22)23/h2-7,9H,8,10H2,1H3,(H,18,21). The molecule has 0 bridgehead atoms. The normalized spacial score (nSPS) is 10.8. The van der Waals surface area contributed by atoms with E-state index in [1.807, 2.05) is 0 Å². The second-order valence-electron chi connectivity index (χ2n) is 5.38. The van der Waals surface area contributed by atoms with Crippen LogP contribution in [0.5, 0.6) is 0 Å². The number of aromatic nitrogens is 1. The Morgan fingerprint density at radius 2 is 2.16 bits per heavy atom. The fourth-order valence-corrected chi connectivity index (χ4v) is 2.41. The third-order valence-corrected chi connectivity index (χ3v) is 3.47. The van der Waals surface area contributed by atoms with Gasteiger partial charge in [0.1, 0.15) is 12.1 Å². The lowest BCUT2D eigenvalue weighted by Gasteiger charge is -2.05. The SMILES string of the molecule is COCc1nc2cc(NC(=O)Cc3cccc([N+](=O)[O-])c3)ccc2o1. The van der Waals surface area contributed by atoms with Crippen molar-refractivity contribution in [3.63, 3.8) is 0 Å². The number of nitro groups is 1. The molecule has 0 radical (unpaired) electrons. The summed E-state index contributed by atoms with van der Waals surface area (Å²) >= 11 is 0. The van der Waals surface area contributed by atoms with Gasteiger partial charge in [0, 0.05) is 24.9 Å². The van der Waals surface area contributed by atoms with Crippen molar-refractivity contribution in [2.45, 2.75) is 13.0 Å². The molecule has 128 valence electrons. The van der Waals surface area contributed by atoms with Crippen LogP contribution in [0.2, 0.25) is 0 Å². The molecule has 0 aliphatic rings. The van der Waals surface area contributed by atoms with Gasteiger partial charge in [-0.2, -0.15) is 0 Å². The van der Waals surface area contributed by atoms with Gasteiger partial charge < -0.3 is 14.5 Å². The van der Waals surface area contributed by atoms with E-state index in [9.17, 15) is 14.9 Å². The number of hydrogen-bond acceptors (Lipinski definition) is 6. The molecule has 0 saturated carbocycles. The molecule has 1 heterocycles. The van der Waals surface area contributed by atoms with Crippen LogP contribution < -0.4 is 5.32 Å². The van der Waals surface area contributed by atoms with Gasteiger partial charge in [-0.05, 0) is 23.8 Å². The molecule has 3 aromatic rings. The van der Waals surface area contributed by atoms with Crippen LogP contribution in [0.3, 0.4) is 0 Å². The molecule has 0 aliphatic carbocycles. The molecule has 0 fully saturated rings. The highest BCUT2D eigenvalue weighted by Crippen LogP contribution is 2.21. The zero-order chi connectivity index (χ0) is 17.8.